The first-order valence-corrected chi connectivity index (χ1v) is 7.43. The second-order valence-electron chi connectivity index (χ2n) is 4.93. The minimum Gasteiger partial charge on any atom is -0.323 e. The molecule has 0 fully saturated rings. The zero-order valence-electron chi connectivity index (χ0n) is 11.6. The van der Waals surface area contributed by atoms with Crippen LogP contribution >= 0.6 is 15.9 Å². The molecule has 1 aromatic carbocycles. The molecule has 0 bridgehead atoms. The Labute approximate surface area is 126 Å². The third kappa shape index (κ3) is 3.16. The van der Waals surface area contributed by atoms with Gasteiger partial charge in [-0.1, -0.05) is 32.4 Å². The van der Waals surface area contributed by atoms with Gasteiger partial charge in [0.15, 0.2) is 0 Å². The van der Waals surface area contributed by atoms with E-state index in [0.29, 0.717) is 5.69 Å². The summed E-state index contributed by atoms with van der Waals surface area (Å²) in [4.78, 5) is 16.5. The van der Waals surface area contributed by atoms with E-state index < -0.39 is 6.04 Å². The highest BCUT2D eigenvalue weighted by Gasteiger charge is 2.20. The molecule has 0 aliphatic carbocycles. The highest BCUT2D eigenvalue weighted by molar-refractivity contribution is 9.10. The molecule has 4 nitrogen and oxygen atoms in total. The topological polar surface area (TPSA) is 68.0 Å². The van der Waals surface area contributed by atoms with Crippen LogP contribution in [0.2, 0.25) is 0 Å². The number of nitrogens with one attached hydrogen (secondary N) is 1. The van der Waals surface area contributed by atoms with Gasteiger partial charge in [0.05, 0.1) is 17.2 Å². The Kier molecular flexibility index (Phi) is 4.73. The number of anilines is 1. The van der Waals surface area contributed by atoms with Crippen LogP contribution in [0.25, 0.3) is 10.9 Å². The molecule has 1 unspecified atom stereocenters. The van der Waals surface area contributed by atoms with Crippen LogP contribution in [0.5, 0.6) is 0 Å². The summed E-state index contributed by atoms with van der Waals surface area (Å²) in [6.07, 6.45) is 2.59. The number of para-hydroxylation sites is 1. The number of rotatable bonds is 4. The van der Waals surface area contributed by atoms with Gasteiger partial charge >= 0.3 is 0 Å². The summed E-state index contributed by atoms with van der Waals surface area (Å²) in [5, 5.41) is 3.84. The largest absolute Gasteiger partial charge is 0.323 e. The molecular formula is C15H18BrN3O. The SMILES string of the molecule is CCC(C)[C@H](N)C(=O)Nc1cccc2cc(Br)cnc12. The number of aromatic nitrogens is 1. The lowest BCUT2D eigenvalue weighted by Gasteiger charge is -2.18. The number of amides is 1. The van der Waals surface area contributed by atoms with E-state index in [1.807, 2.05) is 38.1 Å². The van der Waals surface area contributed by atoms with Crippen molar-refractivity contribution in [2.24, 2.45) is 11.7 Å². The van der Waals surface area contributed by atoms with Gasteiger partial charge in [-0.25, -0.2) is 0 Å². The van der Waals surface area contributed by atoms with Crippen LogP contribution in [-0.4, -0.2) is 16.9 Å². The van der Waals surface area contributed by atoms with Gasteiger partial charge in [0.2, 0.25) is 5.91 Å². The lowest BCUT2D eigenvalue weighted by atomic mass is 9.99. The predicted molar refractivity (Wildman–Crippen MR) is 85.5 cm³/mol. The fourth-order valence-corrected chi connectivity index (χ4v) is 2.31. The molecule has 1 amide bonds. The smallest absolute Gasteiger partial charge is 0.241 e. The van der Waals surface area contributed by atoms with Crippen LogP contribution < -0.4 is 11.1 Å². The summed E-state index contributed by atoms with van der Waals surface area (Å²) in [7, 11) is 0. The number of carbonyl (C=O) groups is 1. The predicted octanol–water partition coefficient (Wildman–Crippen LogP) is 3.31. The second kappa shape index (κ2) is 6.33. The molecule has 106 valence electrons. The lowest BCUT2D eigenvalue weighted by Crippen LogP contribution is -2.40. The van der Waals surface area contributed by atoms with Gasteiger partial charge in [-0.15, -0.1) is 0 Å². The Morgan fingerprint density at radius 1 is 1.50 bits per heavy atom. The third-order valence-corrected chi connectivity index (χ3v) is 3.93. The molecule has 2 rings (SSSR count). The first-order chi connectivity index (χ1) is 9.52. The molecule has 1 heterocycles. The number of fused-ring (bicyclic) bond motifs is 1. The van der Waals surface area contributed by atoms with Crippen molar-refractivity contribution in [2.45, 2.75) is 26.3 Å². The van der Waals surface area contributed by atoms with Crippen LogP contribution in [0.4, 0.5) is 5.69 Å². The number of carbonyl (C=O) groups excluding carboxylic acids is 1. The fraction of sp³-hybridized carbons (Fsp3) is 0.333. The molecule has 2 atom stereocenters. The first kappa shape index (κ1) is 14.9. The molecule has 2 aromatic rings. The standard InChI is InChI=1S/C15H18BrN3O/c1-3-9(2)13(17)15(20)19-12-6-4-5-10-7-11(16)8-18-14(10)12/h4-9,13H,3,17H2,1-2H3,(H,19,20)/t9?,13-/m0/s1. The summed E-state index contributed by atoms with van der Waals surface area (Å²) in [5.41, 5.74) is 7.40. The van der Waals surface area contributed by atoms with Crippen LogP contribution in [0.1, 0.15) is 20.3 Å². The van der Waals surface area contributed by atoms with Gasteiger partial charge in [0.1, 0.15) is 0 Å². The maximum absolute atomic E-state index is 12.2. The molecule has 0 saturated heterocycles. The molecule has 0 aliphatic heterocycles. The minimum absolute atomic E-state index is 0.145. The van der Waals surface area contributed by atoms with E-state index in [-0.39, 0.29) is 11.8 Å². The van der Waals surface area contributed by atoms with Gasteiger partial charge in [-0.05, 0) is 34.0 Å². The Hall–Kier alpha value is -1.46. The maximum Gasteiger partial charge on any atom is 0.241 e. The van der Waals surface area contributed by atoms with E-state index in [0.717, 1.165) is 21.8 Å². The van der Waals surface area contributed by atoms with Crippen molar-refractivity contribution >= 4 is 38.4 Å². The van der Waals surface area contributed by atoms with Gasteiger partial charge in [0, 0.05) is 16.1 Å². The lowest BCUT2D eigenvalue weighted by molar-refractivity contribution is -0.118. The highest BCUT2D eigenvalue weighted by Crippen LogP contribution is 2.24. The third-order valence-electron chi connectivity index (χ3n) is 3.50. The number of nitrogens with zero attached hydrogens (tertiary/aromatic N) is 1. The van der Waals surface area contributed by atoms with Crippen LogP contribution in [-0.2, 0) is 4.79 Å². The highest BCUT2D eigenvalue weighted by atomic mass is 79.9. The molecule has 1 aromatic heterocycles. The maximum atomic E-state index is 12.2. The quantitative estimate of drug-likeness (QED) is 0.900. The Balaban J connectivity index is 2.28. The van der Waals surface area contributed by atoms with E-state index in [1.165, 1.54) is 0 Å². The van der Waals surface area contributed by atoms with Crippen LogP contribution in [0.3, 0.4) is 0 Å². The van der Waals surface area contributed by atoms with Gasteiger partial charge in [-0.2, -0.15) is 0 Å². The molecule has 0 spiro atoms. The molecule has 0 aliphatic rings. The van der Waals surface area contributed by atoms with E-state index in [9.17, 15) is 4.79 Å². The van der Waals surface area contributed by atoms with Crippen LogP contribution in [0, 0.1) is 5.92 Å². The molecule has 3 N–H and O–H groups in total. The van der Waals surface area contributed by atoms with Crippen molar-refractivity contribution in [3.8, 4) is 0 Å². The molecule has 20 heavy (non-hydrogen) atoms. The number of hydrogen-bond acceptors (Lipinski definition) is 3. The molecular weight excluding hydrogens is 318 g/mol. The van der Waals surface area contributed by atoms with E-state index in [2.05, 4.69) is 26.2 Å². The number of benzene rings is 1. The Morgan fingerprint density at radius 3 is 2.95 bits per heavy atom. The zero-order chi connectivity index (χ0) is 14.7. The van der Waals surface area contributed by atoms with Crippen molar-refractivity contribution in [3.63, 3.8) is 0 Å². The summed E-state index contributed by atoms with van der Waals surface area (Å²) in [6.45, 7) is 4.00. The van der Waals surface area contributed by atoms with E-state index in [4.69, 9.17) is 5.73 Å². The second-order valence-corrected chi connectivity index (χ2v) is 5.85. The number of halogens is 1. The minimum atomic E-state index is -0.509. The average Bonchev–Trinajstić information content (AvgIpc) is 2.45. The molecule has 0 saturated carbocycles. The van der Waals surface area contributed by atoms with Crippen LogP contribution in [0.15, 0.2) is 34.9 Å². The normalized spacial score (nSPS) is 14.0. The summed E-state index contributed by atoms with van der Waals surface area (Å²) >= 11 is 3.39. The van der Waals surface area contributed by atoms with Gasteiger partial charge in [-0.3, -0.25) is 9.78 Å². The van der Waals surface area contributed by atoms with E-state index >= 15 is 0 Å². The molecule has 5 heteroatoms. The first-order valence-electron chi connectivity index (χ1n) is 6.63. The number of hydrogen-bond donors (Lipinski definition) is 2. The number of nitrogens with two attached hydrogens (primary N) is 1. The number of pyridine rings is 1. The summed E-state index contributed by atoms with van der Waals surface area (Å²) < 4.78 is 0.907. The summed E-state index contributed by atoms with van der Waals surface area (Å²) in [5.74, 6) is -0.0244. The summed E-state index contributed by atoms with van der Waals surface area (Å²) in [6, 6.07) is 7.14. The van der Waals surface area contributed by atoms with Crippen molar-refractivity contribution in [2.75, 3.05) is 5.32 Å². The molecule has 0 radical (unpaired) electrons. The zero-order valence-corrected chi connectivity index (χ0v) is 13.1. The average molecular weight is 336 g/mol. The fourth-order valence-electron chi connectivity index (χ4n) is 1.96. The van der Waals surface area contributed by atoms with Crippen molar-refractivity contribution in [3.05, 3.63) is 34.9 Å². The van der Waals surface area contributed by atoms with Gasteiger partial charge < -0.3 is 11.1 Å². The van der Waals surface area contributed by atoms with E-state index in [1.54, 1.807) is 6.20 Å². The van der Waals surface area contributed by atoms with Crippen molar-refractivity contribution in [1.82, 2.24) is 4.98 Å². The van der Waals surface area contributed by atoms with Crippen molar-refractivity contribution < 1.29 is 4.79 Å². The van der Waals surface area contributed by atoms with Gasteiger partial charge in [0.25, 0.3) is 0 Å². The Morgan fingerprint density at radius 2 is 2.25 bits per heavy atom. The van der Waals surface area contributed by atoms with Crippen molar-refractivity contribution in [1.29, 1.82) is 0 Å². The monoisotopic (exact) mass is 335 g/mol. The Bertz CT molecular complexity index is 630.